The molecule has 2 bridgehead atoms. The number of thioether (sulfide) groups is 1. The van der Waals surface area contributed by atoms with E-state index >= 15 is 0 Å². The molecule has 3 aliphatic heterocycles. The fourth-order valence-corrected chi connectivity index (χ4v) is 8.15. The number of hydrogen-bond acceptors (Lipinski definition) is 7. The van der Waals surface area contributed by atoms with Gasteiger partial charge in [0.1, 0.15) is 18.2 Å². The normalized spacial score (nSPS) is 31.1. The van der Waals surface area contributed by atoms with Crippen molar-refractivity contribution in [2.45, 2.75) is 54.9 Å². The number of likely N-dealkylation sites (tertiary alicyclic amines) is 1. The first-order chi connectivity index (χ1) is 16.0. The highest BCUT2D eigenvalue weighted by Crippen LogP contribution is 2.66. The number of aliphatic hydroxyl groups excluding tert-OH is 1. The van der Waals surface area contributed by atoms with Gasteiger partial charge in [-0.1, -0.05) is 24.3 Å². The Hall–Kier alpha value is -2.66. The van der Waals surface area contributed by atoms with E-state index in [1.165, 1.54) is 0 Å². The third-order valence-corrected chi connectivity index (χ3v) is 9.39. The molecule has 33 heavy (non-hydrogen) atoms. The van der Waals surface area contributed by atoms with E-state index in [-0.39, 0.29) is 36.2 Å². The molecule has 10 nitrogen and oxygen atoms in total. The molecule has 3 aliphatic rings. The van der Waals surface area contributed by atoms with E-state index in [4.69, 9.17) is 0 Å². The summed E-state index contributed by atoms with van der Waals surface area (Å²) in [5.41, 5.74) is 1.53. The van der Waals surface area contributed by atoms with Gasteiger partial charge in [0, 0.05) is 12.3 Å². The van der Waals surface area contributed by atoms with Gasteiger partial charge in [-0.2, -0.15) is 0 Å². The highest BCUT2D eigenvalue weighted by Gasteiger charge is 2.74. The van der Waals surface area contributed by atoms with Gasteiger partial charge in [-0.25, -0.2) is 4.68 Å². The lowest BCUT2D eigenvalue weighted by molar-refractivity contribution is -0.142. The van der Waals surface area contributed by atoms with Gasteiger partial charge < -0.3 is 20.6 Å². The van der Waals surface area contributed by atoms with Gasteiger partial charge in [0.05, 0.1) is 34.7 Å². The second kappa shape index (κ2) is 8.28. The smallest absolute Gasteiger partial charge is 0.245 e. The number of para-hydroxylation sites is 1. The molecule has 1 spiro atoms. The monoisotopic (exact) mass is 472 g/mol. The summed E-state index contributed by atoms with van der Waals surface area (Å²) in [5.74, 6) is -1.67. The zero-order valence-electron chi connectivity index (χ0n) is 18.6. The summed E-state index contributed by atoms with van der Waals surface area (Å²) in [6.07, 6.45) is 1.99. The number of nitrogens with one attached hydrogen (secondary N) is 2. The fraction of sp³-hybridized carbons (Fsp3) is 0.591. The summed E-state index contributed by atoms with van der Waals surface area (Å²) >= 11 is 1.61. The third-order valence-electron chi connectivity index (χ3n) is 7.43. The highest BCUT2D eigenvalue weighted by atomic mass is 32.2. The molecule has 0 radical (unpaired) electrons. The lowest BCUT2D eigenvalue weighted by atomic mass is 9.71. The average Bonchev–Trinajstić information content (AvgIpc) is 3.57. The molecule has 4 heterocycles. The number of rotatable bonds is 7. The Kier molecular flexibility index (Phi) is 5.56. The van der Waals surface area contributed by atoms with Crippen LogP contribution in [0.3, 0.4) is 0 Å². The number of benzene rings is 1. The summed E-state index contributed by atoms with van der Waals surface area (Å²) in [6, 6.07) is 6.24. The summed E-state index contributed by atoms with van der Waals surface area (Å²) in [6.45, 7) is 1.76. The van der Waals surface area contributed by atoms with E-state index in [0.29, 0.717) is 12.8 Å². The molecule has 1 aromatic heterocycles. The first-order valence-electron chi connectivity index (χ1n) is 11.3. The van der Waals surface area contributed by atoms with Crippen LogP contribution in [0.25, 0.3) is 11.0 Å². The minimum absolute atomic E-state index is 0.0183. The number of fused-ring (bicyclic) bond motifs is 2. The molecule has 6 atom stereocenters. The van der Waals surface area contributed by atoms with Gasteiger partial charge in [-0.05, 0) is 31.4 Å². The van der Waals surface area contributed by atoms with Crippen LogP contribution in [0.5, 0.6) is 0 Å². The Morgan fingerprint density at radius 1 is 1.33 bits per heavy atom. The van der Waals surface area contributed by atoms with E-state index in [9.17, 15) is 19.5 Å². The molecule has 11 heteroatoms. The minimum atomic E-state index is -0.758. The van der Waals surface area contributed by atoms with Crippen LogP contribution < -0.4 is 10.6 Å². The van der Waals surface area contributed by atoms with E-state index in [1.54, 1.807) is 28.4 Å². The lowest BCUT2D eigenvalue weighted by Gasteiger charge is -2.36. The molecule has 2 aromatic rings. The third kappa shape index (κ3) is 3.16. The van der Waals surface area contributed by atoms with Crippen LogP contribution in [-0.2, 0) is 21.1 Å². The van der Waals surface area contributed by atoms with E-state index in [2.05, 4.69) is 20.9 Å². The van der Waals surface area contributed by atoms with Gasteiger partial charge in [0.15, 0.2) is 0 Å². The zero-order chi connectivity index (χ0) is 23.3. The maximum absolute atomic E-state index is 13.7. The predicted octanol–water partition coefficient (Wildman–Crippen LogP) is 0.113. The Morgan fingerprint density at radius 3 is 2.85 bits per heavy atom. The average molecular weight is 473 g/mol. The van der Waals surface area contributed by atoms with Gasteiger partial charge in [0.2, 0.25) is 17.7 Å². The Balaban J connectivity index is 1.47. The molecule has 176 valence electrons. The van der Waals surface area contributed by atoms with Crippen LogP contribution >= 0.6 is 11.8 Å². The van der Waals surface area contributed by atoms with Crippen molar-refractivity contribution in [2.24, 2.45) is 11.8 Å². The van der Waals surface area contributed by atoms with Crippen LogP contribution in [0.15, 0.2) is 24.3 Å². The molecule has 2 unspecified atom stereocenters. The molecule has 3 N–H and O–H groups in total. The van der Waals surface area contributed by atoms with Crippen molar-refractivity contribution in [3.8, 4) is 0 Å². The largest absolute Gasteiger partial charge is 0.394 e. The maximum Gasteiger partial charge on any atom is 0.245 e. The van der Waals surface area contributed by atoms with Gasteiger partial charge >= 0.3 is 0 Å². The molecular formula is C22H28N6O4S. The van der Waals surface area contributed by atoms with E-state index in [1.807, 2.05) is 31.2 Å². The van der Waals surface area contributed by atoms with E-state index < -0.39 is 28.7 Å². The summed E-state index contributed by atoms with van der Waals surface area (Å²) in [4.78, 5) is 41.7. The van der Waals surface area contributed by atoms with Crippen molar-refractivity contribution in [3.63, 3.8) is 0 Å². The molecule has 5 rings (SSSR count). The summed E-state index contributed by atoms with van der Waals surface area (Å²) in [7, 11) is 1.58. The van der Waals surface area contributed by atoms with Crippen LogP contribution in [0, 0.1) is 11.8 Å². The van der Waals surface area contributed by atoms with Crippen molar-refractivity contribution in [1.82, 2.24) is 30.5 Å². The van der Waals surface area contributed by atoms with Crippen molar-refractivity contribution >= 4 is 40.5 Å². The number of carbonyl (C=O) groups is 3. The molecule has 0 aliphatic carbocycles. The number of amides is 3. The number of carbonyl (C=O) groups excluding carboxylic acids is 3. The first-order valence-corrected chi connectivity index (χ1v) is 12.2. The Bertz CT molecular complexity index is 1100. The Morgan fingerprint density at radius 2 is 2.12 bits per heavy atom. The summed E-state index contributed by atoms with van der Waals surface area (Å²) < 4.78 is 0.940. The van der Waals surface area contributed by atoms with E-state index in [0.717, 1.165) is 17.5 Å². The quantitative estimate of drug-likeness (QED) is 0.522. The van der Waals surface area contributed by atoms with Crippen LogP contribution in [0.1, 0.15) is 26.2 Å². The molecule has 3 fully saturated rings. The van der Waals surface area contributed by atoms with Crippen molar-refractivity contribution in [3.05, 3.63) is 24.3 Å². The first kappa shape index (κ1) is 22.1. The second-order valence-corrected chi connectivity index (χ2v) is 10.5. The molecule has 3 saturated heterocycles. The van der Waals surface area contributed by atoms with Gasteiger partial charge in [0.25, 0.3) is 0 Å². The maximum atomic E-state index is 13.7. The number of aromatic nitrogens is 3. The van der Waals surface area contributed by atoms with Crippen molar-refractivity contribution in [2.75, 3.05) is 13.7 Å². The van der Waals surface area contributed by atoms with Crippen molar-refractivity contribution < 1.29 is 19.5 Å². The molecular weight excluding hydrogens is 444 g/mol. The number of hydrogen-bond donors (Lipinski definition) is 3. The molecule has 0 saturated carbocycles. The number of nitrogens with zero attached hydrogens (tertiary/aromatic N) is 4. The van der Waals surface area contributed by atoms with Crippen LogP contribution in [-0.4, -0.2) is 78.5 Å². The lowest BCUT2D eigenvalue weighted by Crippen LogP contribution is -2.56. The van der Waals surface area contributed by atoms with Crippen LogP contribution in [0.4, 0.5) is 0 Å². The highest BCUT2D eigenvalue weighted by molar-refractivity contribution is 8.02. The standard InChI is InChI=1S/C22H28N6O4S/c1-3-12(10-29)28-18(20(31)24-11-27-14-7-5-4-6-13(14)25-26-27)22-9-8-15(33-22)16(19(30)23-2)17(22)21(28)32/h4-7,12,15-18,29H,3,8-11H2,1-2H3,(H,23,30)(H,24,31)/t12-,15-,16+,17-,18?,22?/m0/s1. The van der Waals surface area contributed by atoms with Crippen molar-refractivity contribution in [1.29, 1.82) is 0 Å². The second-order valence-electron chi connectivity index (χ2n) is 8.94. The topological polar surface area (TPSA) is 129 Å². The van der Waals surface area contributed by atoms with Gasteiger partial charge in [-0.15, -0.1) is 16.9 Å². The van der Waals surface area contributed by atoms with Crippen LogP contribution in [0.2, 0.25) is 0 Å². The minimum Gasteiger partial charge on any atom is -0.394 e. The number of aliphatic hydroxyl groups is 1. The SMILES string of the molecule is CC[C@@H](CO)N1C(=O)[C@@H]2[C@H](C(=O)NC)[C@@H]3CCC2(S3)C1C(=O)NCn1nnc2ccccc21. The predicted molar refractivity (Wildman–Crippen MR) is 122 cm³/mol. The summed E-state index contributed by atoms with van der Waals surface area (Å²) in [5, 5.41) is 23.9. The molecule has 3 amide bonds. The zero-order valence-corrected chi connectivity index (χ0v) is 19.4. The van der Waals surface area contributed by atoms with Gasteiger partial charge in [-0.3, -0.25) is 14.4 Å². The fourth-order valence-electron chi connectivity index (χ4n) is 5.95. The molecule has 1 aromatic carbocycles. The Labute approximate surface area is 195 Å².